The van der Waals surface area contributed by atoms with Crippen LogP contribution in [0.3, 0.4) is 0 Å². The van der Waals surface area contributed by atoms with Gasteiger partial charge in [0.1, 0.15) is 5.82 Å². The summed E-state index contributed by atoms with van der Waals surface area (Å²) in [6, 6.07) is 3.41. The molecule has 0 aliphatic carbocycles. The summed E-state index contributed by atoms with van der Waals surface area (Å²) in [5.41, 5.74) is 1.61. The van der Waals surface area contributed by atoms with E-state index < -0.39 is 5.97 Å². The van der Waals surface area contributed by atoms with Crippen LogP contribution in [0.25, 0.3) is 0 Å². The average Bonchev–Trinajstić information content (AvgIpc) is 2.38. The van der Waals surface area contributed by atoms with E-state index in [1.807, 2.05) is 0 Å². The number of carboxylic acids is 1. The van der Waals surface area contributed by atoms with Crippen molar-refractivity contribution in [1.82, 2.24) is 4.98 Å². The quantitative estimate of drug-likeness (QED) is 0.916. The second-order valence-electron chi connectivity index (χ2n) is 6.41. The number of carboxylic acid groups (broad SMARTS) is 1. The lowest BCUT2D eigenvalue weighted by Gasteiger charge is -2.37. The summed E-state index contributed by atoms with van der Waals surface area (Å²) in [4.78, 5) is 18.1. The third-order valence-corrected chi connectivity index (χ3v) is 4.06. The van der Waals surface area contributed by atoms with E-state index in [2.05, 4.69) is 30.7 Å². The minimum absolute atomic E-state index is 0.350. The maximum Gasteiger partial charge on any atom is 0.335 e. The van der Waals surface area contributed by atoms with E-state index in [0.717, 1.165) is 50.3 Å². The Labute approximate surface area is 120 Å². The third-order valence-electron chi connectivity index (χ3n) is 4.06. The first-order valence-electron chi connectivity index (χ1n) is 7.40. The molecule has 2 heterocycles. The molecule has 4 nitrogen and oxygen atoms in total. The van der Waals surface area contributed by atoms with E-state index in [1.54, 1.807) is 12.1 Å². The summed E-state index contributed by atoms with van der Waals surface area (Å²) < 4.78 is 0. The molecule has 20 heavy (non-hydrogen) atoms. The third kappa shape index (κ3) is 3.50. The zero-order chi connectivity index (χ0) is 14.8. The largest absolute Gasteiger partial charge is 0.478 e. The first-order valence-corrected chi connectivity index (χ1v) is 7.40. The predicted octanol–water partition coefficient (Wildman–Crippen LogP) is 3.36. The number of rotatable bonds is 4. The highest BCUT2D eigenvalue weighted by Gasteiger charge is 2.26. The molecule has 1 aromatic rings. The van der Waals surface area contributed by atoms with Crippen LogP contribution in [-0.4, -0.2) is 29.1 Å². The first kappa shape index (κ1) is 14.8. The SMILES string of the molecule is CCCc1cc(C(=O)O)cc(N2CCC(C)(C)CC2)n1. The smallest absolute Gasteiger partial charge is 0.335 e. The molecular weight excluding hydrogens is 252 g/mol. The number of hydrogen-bond acceptors (Lipinski definition) is 3. The van der Waals surface area contributed by atoms with Crippen molar-refractivity contribution in [2.75, 3.05) is 18.0 Å². The molecule has 1 N–H and O–H groups in total. The molecule has 0 amide bonds. The van der Waals surface area contributed by atoms with Gasteiger partial charge < -0.3 is 10.0 Å². The summed E-state index contributed by atoms with van der Waals surface area (Å²) in [5, 5.41) is 9.24. The van der Waals surface area contributed by atoms with Gasteiger partial charge in [-0.3, -0.25) is 0 Å². The molecule has 1 aliphatic rings. The number of aromatic carboxylic acids is 1. The minimum atomic E-state index is -0.872. The van der Waals surface area contributed by atoms with Gasteiger partial charge in [-0.1, -0.05) is 27.2 Å². The summed E-state index contributed by atoms with van der Waals surface area (Å²) in [6.45, 7) is 8.56. The van der Waals surface area contributed by atoms with Crippen LogP contribution in [0.15, 0.2) is 12.1 Å². The molecule has 1 aliphatic heterocycles. The molecule has 0 unspecified atom stereocenters. The lowest BCUT2D eigenvalue weighted by molar-refractivity contribution is 0.0696. The van der Waals surface area contributed by atoms with Crippen LogP contribution in [-0.2, 0) is 6.42 Å². The number of nitrogens with zero attached hydrogens (tertiary/aromatic N) is 2. The highest BCUT2D eigenvalue weighted by Crippen LogP contribution is 2.31. The van der Waals surface area contributed by atoms with E-state index >= 15 is 0 Å². The summed E-state index contributed by atoms with van der Waals surface area (Å²) >= 11 is 0. The maximum atomic E-state index is 11.2. The van der Waals surface area contributed by atoms with Gasteiger partial charge in [-0.15, -0.1) is 0 Å². The maximum absolute atomic E-state index is 11.2. The number of pyridine rings is 1. The van der Waals surface area contributed by atoms with Gasteiger partial charge in [-0.2, -0.15) is 0 Å². The van der Waals surface area contributed by atoms with Gasteiger partial charge in [0.2, 0.25) is 0 Å². The number of carbonyl (C=O) groups is 1. The molecule has 1 fully saturated rings. The van der Waals surface area contributed by atoms with E-state index in [9.17, 15) is 9.90 Å². The van der Waals surface area contributed by atoms with Gasteiger partial charge in [0, 0.05) is 18.8 Å². The van der Waals surface area contributed by atoms with Crippen LogP contribution in [0.5, 0.6) is 0 Å². The number of piperidine rings is 1. The molecular formula is C16H24N2O2. The lowest BCUT2D eigenvalue weighted by Crippen LogP contribution is -2.38. The average molecular weight is 276 g/mol. The van der Waals surface area contributed by atoms with Gasteiger partial charge in [0.25, 0.3) is 0 Å². The second kappa shape index (κ2) is 5.81. The number of aromatic nitrogens is 1. The minimum Gasteiger partial charge on any atom is -0.478 e. The Morgan fingerprint density at radius 2 is 2.00 bits per heavy atom. The molecule has 0 radical (unpaired) electrons. The van der Waals surface area contributed by atoms with Crippen molar-refractivity contribution in [1.29, 1.82) is 0 Å². The Morgan fingerprint density at radius 3 is 2.55 bits per heavy atom. The Kier molecular flexibility index (Phi) is 4.31. The Balaban J connectivity index is 2.24. The zero-order valence-electron chi connectivity index (χ0n) is 12.6. The van der Waals surface area contributed by atoms with Crippen molar-refractivity contribution in [3.63, 3.8) is 0 Å². The molecule has 110 valence electrons. The number of hydrogen-bond donors (Lipinski definition) is 1. The normalized spacial score (nSPS) is 18.1. The summed E-state index contributed by atoms with van der Waals surface area (Å²) in [5.74, 6) is -0.0489. The van der Waals surface area contributed by atoms with Crippen molar-refractivity contribution in [3.05, 3.63) is 23.4 Å². The van der Waals surface area contributed by atoms with Crippen LogP contribution in [0.4, 0.5) is 5.82 Å². The topological polar surface area (TPSA) is 53.4 Å². The highest BCUT2D eigenvalue weighted by atomic mass is 16.4. The molecule has 0 bridgehead atoms. The molecule has 2 rings (SSSR count). The van der Waals surface area contributed by atoms with Gasteiger partial charge >= 0.3 is 5.97 Å². The van der Waals surface area contributed by atoms with Gasteiger partial charge in [0.15, 0.2) is 0 Å². The standard InChI is InChI=1S/C16H24N2O2/c1-4-5-13-10-12(15(19)20)11-14(17-13)18-8-6-16(2,3)7-9-18/h10-11H,4-9H2,1-3H3,(H,19,20). The molecule has 0 aromatic carbocycles. The highest BCUT2D eigenvalue weighted by molar-refractivity contribution is 5.88. The van der Waals surface area contributed by atoms with E-state index in [-0.39, 0.29) is 0 Å². The summed E-state index contributed by atoms with van der Waals surface area (Å²) in [6.07, 6.45) is 4.04. The Hall–Kier alpha value is -1.58. The van der Waals surface area contributed by atoms with Crippen molar-refractivity contribution >= 4 is 11.8 Å². The summed E-state index contributed by atoms with van der Waals surface area (Å²) in [7, 11) is 0. The number of aryl methyl sites for hydroxylation is 1. The second-order valence-corrected chi connectivity index (χ2v) is 6.41. The molecule has 0 atom stereocenters. The monoisotopic (exact) mass is 276 g/mol. The van der Waals surface area contributed by atoms with Crippen molar-refractivity contribution < 1.29 is 9.90 Å². The molecule has 0 saturated carbocycles. The Bertz CT molecular complexity index is 487. The molecule has 1 saturated heterocycles. The lowest BCUT2D eigenvalue weighted by atomic mass is 9.83. The van der Waals surface area contributed by atoms with Crippen LogP contribution in [0, 0.1) is 5.41 Å². The van der Waals surface area contributed by atoms with Crippen LogP contribution in [0.1, 0.15) is 56.1 Å². The first-order chi connectivity index (χ1) is 9.41. The van der Waals surface area contributed by atoms with E-state index in [1.165, 1.54) is 0 Å². The zero-order valence-corrected chi connectivity index (χ0v) is 12.6. The molecule has 1 aromatic heterocycles. The van der Waals surface area contributed by atoms with Crippen LogP contribution < -0.4 is 4.90 Å². The molecule has 0 spiro atoms. The van der Waals surface area contributed by atoms with Crippen molar-refractivity contribution in [2.24, 2.45) is 5.41 Å². The predicted molar refractivity (Wildman–Crippen MR) is 80.4 cm³/mol. The fourth-order valence-electron chi connectivity index (χ4n) is 2.58. The Morgan fingerprint density at radius 1 is 1.35 bits per heavy atom. The van der Waals surface area contributed by atoms with Gasteiger partial charge in [-0.25, -0.2) is 9.78 Å². The molecule has 4 heteroatoms. The van der Waals surface area contributed by atoms with Gasteiger partial charge in [0.05, 0.1) is 5.56 Å². The fourth-order valence-corrected chi connectivity index (χ4v) is 2.58. The van der Waals surface area contributed by atoms with Gasteiger partial charge in [-0.05, 0) is 36.8 Å². The van der Waals surface area contributed by atoms with Crippen molar-refractivity contribution in [3.8, 4) is 0 Å². The van der Waals surface area contributed by atoms with Crippen LogP contribution in [0.2, 0.25) is 0 Å². The van der Waals surface area contributed by atoms with Crippen molar-refractivity contribution in [2.45, 2.75) is 46.5 Å². The van der Waals surface area contributed by atoms with E-state index in [4.69, 9.17) is 0 Å². The fraction of sp³-hybridized carbons (Fsp3) is 0.625. The van der Waals surface area contributed by atoms with Crippen LogP contribution >= 0.6 is 0 Å². The van der Waals surface area contributed by atoms with E-state index in [0.29, 0.717) is 11.0 Å². The number of anilines is 1.